The fraction of sp³-hybridized carbons (Fsp3) is 0.125. The van der Waals surface area contributed by atoms with E-state index in [2.05, 4.69) is 15.9 Å². The SMILES string of the molecule is O=C(O)c1c(Cl)cc([N+](=O)[O-])cc1CBr. The summed E-state index contributed by atoms with van der Waals surface area (Å²) in [6, 6.07) is 2.21. The molecule has 0 aliphatic carbocycles. The Labute approximate surface area is 97.9 Å². The van der Waals surface area contributed by atoms with Gasteiger partial charge in [-0.25, -0.2) is 4.79 Å². The van der Waals surface area contributed by atoms with Crippen molar-refractivity contribution in [2.75, 3.05) is 0 Å². The minimum Gasteiger partial charge on any atom is -0.478 e. The van der Waals surface area contributed by atoms with Crippen LogP contribution in [0.5, 0.6) is 0 Å². The van der Waals surface area contributed by atoms with Crippen LogP contribution in [-0.2, 0) is 5.33 Å². The molecule has 1 aromatic carbocycles. The van der Waals surface area contributed by atoms with Crippen molar-refractivity contribution in [3.63, 3.8) is 0 Å². The second kappa shape index (κ2) is 4.59. The summed E-state index contributed by atoms with van der Waals surface area (Å²) in [7, 11) is 0. The number of nitrogens with zero attached hydrogens (tertiary/aromatic N) is 1. The van der Waals surface area contributed by atoms with E-state index in [-0.39, 0.29) is 27.2 Å². The Kier molecular flexibility index (Phi) is 3.65. The van der Waals surface area contributed by atoms with Crippen molar-refractivity contribution in [3.8, 4) is 0 Å². The van der Waals surface area contributed by atoms with Crippen LogP contribution in [0.4, 0.5) is 5.69 Å². The summed E-state index contributed by atoms with van der Waals surface area (Å²) >= 11 is 8.70. The van der Waals surface area contributed by atoms with Gasteiger partial charge in [0.2, 0.25) is 0 Å². The highest BCUT2D eigenvalue weighted by atomic mass is 79.9. The third kappa shape index (κ3) is 2.45. The van der Waals surface area contributed by atoms with Crippen LogP contribution in [0.2, 0.25) is 5.02 Å². The third-order valence-corrected chi connectivity index (χ3v) is 2.63. The average Bonchev–Trinajstić information content (AvgIpc) is 2.15. The Morgan fingerprint density at radius 2 is 2.20 bits per heavy atom. The molecule has 0 spiro atoms. The Bertz CT molecular complexity index is 435. The van der Waals surface area contributed by atoms with Gasteiger partial charge in [0.1, 0.15) is 0 Å². The summed E-state index contributed by atoms with van der Waals surface area (Å²) in [5, 5.41) is 19.4. The Morgan fingerprint density at radius 3 is 2.60 bits per heavy atom. The lowest BCUT2D eigenvalue weighted by molar-refractivity contribution is -0.384. The molecule has 80 valence electrons. The van der Waals surface area contributed by atoms with Crippen LogP contribution >= 0.6 is 27.5 Å². The quantitative estimate of drug-likeness (QED) is 0.528. The zero-order valence-corrected chi connectivity index (χ0v) is 9.58. The molecule has 0 heterocycles. The number of alkyl halides is 1. The molecule has 0 amide bonds. The summed E-state index contributed by atoms with van der Waals surface area (Å²) in [6.45, 7) is 0. The monoisotopic (exact) mass is 293 g/mol. The van der Waals surface area contributed by atoms with Crippen molar-refractivity contribution in [2.24, 2.45) is 0 Å². The summed E-state index contributed by atoms with van der Waals surface area (Å²) in [6.07, 6.45) is 0. The van der Waals surface area contributed by atoms with Crippen LogP contribution in [0, 0.1) is 10.1 Å². The normalized spacial score (nSPS) is 10.0. The fourth-order valence-electron chi connectivity index (χ4n) is 1.10. The number of benzene rings is 1. The maximum absolute atomic E-state index is 10.8. The van der Waals surface area contributed by atoms with Gasteiger partial charge >= 0.3 is 5.97 Å². The zero-order chi connectivity index (χ0) is 11.6. The maximum Gasteiger partial charge on any atom is 0.337 e. The molecule has 5 nitrogen and oxygen atoms in total. The number of carboxylic acid groups (broad SMARTS) is 1. The van der Waals surface area contributed by atoms with E-state index >= 15 is 0 Å². The van der Waals surface area contributed by atoms with Crippen molar-refractivity contribution in [3.05, 3.63) is 38.4 Å². The second-order valence-electron chi connectivity index (χ2n) is 2.66. The van der Waals surface area contributed by atoms with Gasteiger partial charge in [-0.05, 0) is 5.56 Å². The predicted octanol–water partition coefficient (Wildman–Crippen LogP) is 2.84. The first-order valence-corrected chi connectivity index (χ1v) is 5.23. The Morgan fingerprint density at radius 1 is 1.60 bits per heavy atom. The van der Waals surface area contributed by atoms with Crippen molar-refractivity contribution in [2.45, 2.75) is 5.33 Å². The van der Waals surface area contributed by atoms with Crippen molar-refractivity contribution in [1.82, 2.24) is 0 Å². The molecule has 0 fully saturated rings. The van der Waals surface area contributed by atoms with E-state index in [4.69, 9.17) is 16.7 Å². The first kappa shape index (κ1) is 11.9. The van der Waals surface area contributed by atoms with Crippen LogP contribution in [-0.4, -0.2) is 16.0 Å². The Hall–Kier alpha value is -1.14. The number of halogens is 2. The molecule has 0 aliphatic heterocycles. The molecule has 1 rings (SSSR count). The molecular formula is C8H5BrClNO4. The second-order valence-corrected chi connectivity index (χ2v) is 3.63. The summed E-state index contributed by atoms with van der Waals surface area (Å²) in [5.41, 5.74) is -0.0553. The largest absolute Gasteiger partial charge is 0.478 e. The van der Waals surface area contributed by atoms with Gasteiger partial charge in [-0.3, -0.25) is 10.1 Å². The van der Waals surface area contributed by atoms with Crippen LogP contribution in [0.25, 0.3) is 0 Å². The predicted molar refractivity (Wildman–Crippen MR) is 57.7 cm³/mol. The molecule has 0 aliphatic rings. The molecule has 0 unspecified atom stereocenters. The van der Waals surface area contributed by atoms with Crippen molar-refractivity contribution >= 4 is 39.2 Å². The number of hydrogen-bond donors (Lipinski definition) is 1. The number of nitro benzene ring substituents is 1. The van der Waals surface area contributed by atoms with Gasteiger partial charge in [0.05, 0.1) is 15.5 Å². The summed E-state index contributed by atoms with van der Waals surface area (Å²) in [5.74, 6) is -1.20. The number of carboxylic acids is 1. The first-order chi connectivity index (χ1) is 6.97. The number of carbonyl (C=O) groups is 1. The lowest BCUT2D eigenvalue weighted by Gasteiger charge is -2.04. The number of rotatable bonds is 3. The minimum atomic E-state index is -1.20. The van der Waals surface area contributed by atoms with Gasteiger partial charge in [0, 0.05) is 17.5 Å². The van der Waals surface area contributed by atoms with Gasteiger partial charge in [0.15, 0.2) is 0 Å². The van der Waals surface area contributed by atoms with Crippen LogP contribution in [0.15, 0.2) is 12.1 Å². The Balaban J connectivity index is 3.43. The molecule has 0 radical (unpaired) electrons. The van der Waals surface area contributed by atoms with Gasteiger partial charge in [-0.15, -0.1) is 0 Å². The van der Waals surface area contributed by atoms with Crippen molar-refractivity contribution < 1.29 is 14.8 Å². The number of non-ortho nitro benzene ring substituents is 1. The highest BCUT2D eigenvalue weighted by Crippen LogP contribution is 2.28. The van der Waals surface area contributed by atoms with Crippen LogP contribution in [0.3, 0.4) is 0 Å². The lowest BCUT2D eigenvalue weighted by atomic mass is 10.1. The zero-order valence-electron chi connectivity index (χ0n) is 7.24. The number of aromatic carboxylic acids is 1. The summed E-state index contributed by atoms with van der Waals surface area (Å²) in [4.78, 5) is 20.7. The average molecular weight is 294 g/mol. The molecule has 15 heavy (non-hydrogen) atoms. The van der Waals surface area contributed by atoms with Gasteiger partial charge in [0.25, 0.3) is 5.69 Å². The molecule has 7 heteroatoms. The van der Waals surface area contributed by atoms with Gasteiger partial charge < -0.3 is 5.11 Å². The molecule has 0 bridgehead atoms. The first-order valence-electron chi connectivity index (χ1n) is 3.73. The van der Waals surface area contributed by atoms with E-state index in [1.807, 2.05) is 0 Å². The summed E-state index contributed by atoms with van der Waals surface area (Å²) < 4.78 is 0. The molecule has 1 aromatic rings. The molecule has 0 saturated carbocycles. The van der Waals surface area contributed by atoms with E-state index in [0.717, 1.165) is 6.07 Å². The highest BCUT2D eigenvalue weighted by molar-refractivity contribution is 9.08. The van der Waals surface area contributed by atoms with Gasteiger partial charge in [-0.2, -0.15) is 0 Å². The van der Waals surface area contributed by atoms with E-state index in [1.165, 1.54) is 6.07 Å². The molecule has 0 aromatic heterocycles. The molecule has 0 atom stereocenters. The van der Waals surface area contributed by atoms with Crippen molar-refractivity contribution in [1.29, 1.82) is 0 Å². The van der Waals surface area contributed by atoms with E-state index in [0.29, 0.717) is 0 Å². The van der Waals surface area contributed by atoms with Gasteiger partial charge in [-0.1, -0.05) is 27.5 Å². The molecule has 1 N–H and O–H groups in total. The highest BCUT2D eigenvalue weighted by Gasteiger charge is 2.19. The van der Waals surface area contributed by atoms with E-state index < -0.39 is 10.9 Å². The van der Waals surface area contributed by atoms with Crippen LogP contribution < -0.4 is 0 Å². The number of hydrogen-bond acceptors (Lipinski definition) is 3. The van der Waals surface area contributed by atoms with E-state index in [1.54, 1.807) is 0 Å². The third-order valence-electron chi connectivity index (χ3n) is 1.73. The smallest absolute Gasteiger partial charge is 0.337 e. The lowest BCUT2D eigenvalue weighted by Crippen LogP contribution is -2.03. The van der Waals surface area contributed by atoms with E-state index in [9.17, 15) is 14.9 Å². The maximum atomic E-state index is 10.8. The standard InChI is InChI=1S/C8H5BrClNO4/c9-3-4-1-5(11(14)15)2-6(10)7(4)8(12)13/h1-2H,3H2,(H,12,13). The fourth-order valence-corrected chi connectivity index (χ4v) is 1.85. The molecule has 0 saturated heterocycles. The topological polar surface area (TPSA) is 80.4 Å². The van der Waals surface area contributed by atoms with Crippen LogP contribution in [0.1, 0.15) is 15.9 Å². The number of nitro groups is 1. The minimum absolute atomic E-state index is 0.112. The molecular weight excluding hydrogens is 289 g/mol.